The van der Waals surface area contributed by atoms with Gasteiger partial charge in [0.2, 0.25) is 5.91 Å². The van der Waals surface area contributed by atoms with Crippen molar-refractivity contribution in [3.8, 4) is 0 Å². The number of rotatable bonds is 5. The molecule has 26 heavy (non-hydrogen) atoms. The molecule has 0 saturated carbocycles. The molecule has 0 bridgehead atoms. The highest BCUT2D eigenvalue weighted by Gasteiger charge is 2.23. The second kappa shape index (κ2) is 8.04. The molecule has 2 aliphatic heterocycles. The van der Waals surface area contributed by atoms with E-state index in [1.54, 1.807) is 0 Å². The normalized spacial score (nSPS) is 17.9. The number of carbonyl (C=O) groups excluding carboxylic acids is 1. The molecule has 0 radical (unpaired) electrons. The first-order valence-electron chi connectivity index (χ1n) is 9.87. The first kappa shape index (κ1) is 17.3. The Kier molecular flexibility index (Phi) is 5.34. The van der Waals surface area contributed by atoms with Crippen molar-refractivity contribution in [3.63, 3.8) is 0 Å². The van der Waals surface area contributed by atoms with Crippen LogP contribution in [0.25, 0.3) is 0 Å². The van der Waals surface area contributed by atoms with Gasteiger partial charge >= 0.3 is 0 Å². The van der Waals surface area contributed by atoms with Crippen LogP contribution in [0.4, 0.5) is 0 Å². The molecular weight excluding hydrogens is 324 g/mol. The van der Waals surface area contributed by atoms with Gasteiger partial charge < -0.3 is 4.90 Å². The quantitative estimate of drug-likeness (QED) is 0.828. The maximum atomic E-state index is 12.7. The van der Waals surface area contributed by atoms with E-state index in [9.17, 15) is 4.79 Å². The second-order valence-corrected chi connectivity index (χ2v) is 7.43. The molecule has 1 saturated heterocycles. The first-order valence-corrected chi connectivity index (χ1v) is 9.87. The number of piperazine rings is 1. The van der Waals surface area contributed by atoms with Crippen LogP contribution in [0.2, 0.25) is 0 Å². The summed E-state index contributed by atoms with van der Waals surface area (Å²) in [6.45, 7) is 5.72. The van der Waals surface area contributed by atoms with Crippen molar-refractivity contribution in [3.05, 3.63) is 53.3 Å². The Morgan fingerprint density at radius 3 is 2.62 bits per heavy atom. The number of nitrogens with zero attached hydrogens (tertiary/aromatic N) is 4. The Morgan fingerprint density at radius 1 is 1.00 bits per heavy atom. The van der Waals surface area contributed by atoms with E-state index < -0.39 is 0 Å². The minimum atomic E-state index is 0.258. The van der Waals surface area contributed by atoms with Crippen LogP contribution in [0.1, 0.15) is 29.7 Å². The van der Waals surface area contributed by atoms with Crippen molar-refractivity contribution in [2.24, 2.45) is 0 Å². The maximum Gasteiger partial charge on any atom is 0.227 e. The number of aromatic nitrogens is 2. The molecule has 2 aromatic rings. The highest BCUT2D eigenvalue weighted by molar-refractivity contribution is 5.79. The van der Waals surface area contributed by atoms with Crippen LogP contribution in [0.5, 0.6) is 0 Å². The fourth-order valence-electron chi connectivity index (χ4n) is 4.06. The lowest BCUT2D eigenvalue weighted by Crippen LogP contribution is -2.49. The monoisotopic (exact) mass is 352 g/mol. The third-order valence-electron chi connectivity index (χ3n) is 5.69. The molecule has 0 spiro atoms. The molecule has 5 heteroatoms. The van der Waals surface area contributed by atoms with Gasteiger partial charge in [0, 0.05) is 50.5 Å². The van der Waals surface area contributed by atoms with E-state index in [1.807, 2.05) is 11.1 Å². The van der Waals surface area contributed by atoms with Gasteiger partial charge in [0.15, 0.2) is 0 Å². The lowest BCUT2D eigenvalue weighted by Gasteiger charge is -2.34. The van der Waals surface area contributed by atoms with Crippen molar-refractivity contribution >= 4 is 5.91 Å². The molecule has 1 aromatic heterocycles. The molecule has 5 nitrogen and oxygen atoms in total. The minimum absolute atomic E-state index is 0.258. The van der Waals surface area contributed by atoms with Crippen LogP contribution in [-0.2, 0) is 30.6 Å². The largest absolute Gasteiger partial charge is 0.340 e. The molecule has 1 fully saturated rings. The molecule has 138 valence electrons. The number of amides is 1. The van der Waals surface area contributed by atoms with Gasteiger partial charge in [0.1, 0.15) is 0 Å². The van der Waals surface area contributed by atoms with Gasteiger partial charge in [-0.1, -0.05) is 30.3 Å². The molecule has 0 unspecified atom stereocenters. The fourth-order valence-corrected chi connectivity index (χ4v) is 4.06. The molecule has 0 atom stereocenters. The van der Waals surface area contributed by atoms with E-state index in [1.165, 1.54) is 24.1 Å². The molecule has 1 amide bonds. The number of aryl methyl sites for hydroxylation is 1. The summed E-state index contributed by atoms with van der Waals surface area (Å²) in [5, 5.41) is 4.46. The van der Waals surface area contributed by atoms with Gasteiger partial charge in [-0.25, -0.2) is 0 Å². The van der Waals surface area contributed by atoms with Gasteiger partial charge in [-0.3, -0.25) is 14.4 Å². The zero-order valence-corrected chi connectivity index (χ0v) is 15.4. The van der Waals surface area contributed by atoms with Crippen molar-refractivity contribution < 1.29 is 4.79 Å². The summed E-state index contributed by atoms with van der Waals surface area (Å²) in [7, 11) is 0. The van der Waals surface area contributed by atoms with Crippen LogP contribution in [0.3, 0.4) is 0 Å². The van der Waals surface area contributed by atoms with Crippen LogP contribution in [0, 0.1) is 0 Å². The third kappa shape index (κ3) is 3.98. The molecule has 2 aliphatic rings. The van der Waals surface area contributed by atoms with Crippen molar-refractivity contribution in [1.29, 1.82) is 0 Å². The Balaban J connectivity index is 1.25. The van der Waals surface area contributed by atoms with Gasteiger partial charge in [-0.05, 0) is 31.2 Å². The fraction of sp³-hybridized carbons (Fsp3) is 0.524. The highest BCUT2D eigenvalue weighted by Crippen LogP contribution is 2.19. The molecule has 0 aliphatic carbocycles. The summed E-state index contributed by atoms with van der Waals surface area (Å²) < 4.78 is 2.09. The lowest BCUT2D eigenvalue weighted by molar-refractivity contribution is -0.132. The van der Waals surface area contributed by atoms with E-state index in [-0.39, 0.29) is 5.91 Å². The zero-order chi connectivity index (χ0) is 17.8. The summed E-state index contributed by atoms with van der Waals surface area (Å²) in [6.07, 6.45) is 6.99. The SMILES string of the molecule is O=C(Cc1cnn2c1CCCC2)N1CCN(CCc2ccccc2)CC1. The predicted molar refractivity (Wildman–Crippen MR) is 102 cm³/mol. The lowest BCUT2D eigenvalue weighted by atomic mass is 10.0. The average Bonchev–Trinajstić information content (AvgIpc) is 3.10. The number of hydrogen-bond acceptors (Lipinski definition) is 3. The standard InChI is InChI=1S/C21H28N4O/c26-21(16-19-17-22-25-10-5-4-8-20(19)25)24-14-12-23(13-15-24)11-9-18-6-2-1-3-7-18/h1-3,6-7,17H,4-5,8-16H2. The number of benzene rings is 1. The number of carbonyl (C=O) groups is 1. The van der Waals surface area contributed by atoms with E-state index in [2.05, 4.69) is 45.0 Å². The van der Waals surface area contributed by atoms with Crippen LogP contribution in [-0.4, -0.2) is 58.2 Å². The first-order chi connectivity index (χ1) is 12.8. The molecular formula is C21H28N4O. The smallest absolute Gasteiger partial charge is 0.227 e. The average molecular weight is 352 g/mol. The van der Waals surface area contributed by atoms with E-state index >= 15 is 0 Å². The maximum absolute atomic E-state index is 12.7. The Morgan fingerprint density at radius 2 is 1.81 bits per heavy atom. The van der Waals surface area contributed by atoms with Crippen molar-refractivity contribution in [2.45, 2.75) is 38.6 Å². The van der Waals surface area contributed by atoms with Gasteiger partial charge in [-0.15, -0.1) is 0 Å². The molecule has 1 aromatic carbocycles. The Bertz CT molecular complexity index is 732. The third-order valence-corrected chi connectivity index (χ3v) is 5.69. The van der Waals surface area contributed by atoms with E-state index in [4.69, 9.17) is 0 Å². The van der Waals surface area contributed by atoms with Crippen LogP contribution in [0.15, 0.2) is 36.5 Å². The van der Waals surface area contributed by atoms with Gasteiger partial charge in [0.05, 0.1) is 12.6 Å². The highest BCUT2D eigenvalue weighted by atomic mass is 16.2. The van der Waals surface area contributed by atoms with Crippen molar-refractivity contribution in [2.75, 3.05) is 32.7 Å². The summed E-state index contributed by atoms with van der Waals surface area (Å²) in [4.78, 5) is 17.2. The molecule has 0 N–H and O–H groups in total. The van der Waals surface area contributed by atoms with Crippen LogP contribution >= 0.6 is 0 Å². The molecule has 3 heterocycles. The number of hydrogen-bond donors (Lipinski definition) is 0. The van der Waals surface area contributed by atoms with Crippen LogP contribution < -0.4 is 0 Å². The summed E-state index contributed by atoms with van der Waals surface area (Å²) in [6, 6.07) is 10.6. The summed E-state index contributed by atoms with van der Waals surface area (Å²) in [5.41, 5.74) is 3.81. The zero-order valence-electron chi connectivity index (χ0n) is 15.4. The minimum Gasteiger partial charge on any atom is -0.340 e. The molecule has 4 rings (SSSR count). The van der Waals surface area contributed by atoms with Gasteiger partial charge in [-0.2, -0.15) is 5.10 Å². The Labute approximate surface area is 155 Å². The summed E-state index contributed by atoms with van der Waals surface area (Å²) in [5.74, 6) is 0.258. The number of fused-ring (bicyclic) bond motifs is 1. The van der Waals surface area contributed by atoms with Crippen molar-refractivity contribution in [1.82, 2.24) is 19.6 Å². The van der Waals surface area contributed by atoms with E-state index in [0.717, 1.165) is 57.7 Å². The van der Waals surface area contributed by atoms with Gasteiger partial charge in [0.25, 0.3) is 0 Å². The Hall–Kier alpha value is -2.14. The predicted octanol–water partition coefficient (Wildman–Crippen LogP) is 2.15. The summed E-state index contributed by atoms with van der Waals surface area (Å²) >= 11 is 0. The topological polar surface area (TPSA) is 41.4 Å². The van der Waals surface area contributed by atoms with E-state index in [0.29, 0.717) is 6.42 Å². The second-order valence-electron chi connectivity index (χ2n) is 7.43.